The maximum atomic E-state index is 12.8. The van der Waals surface area contributed by atoms with Gasteiger partial charge in [0.2, 0.25) is 0 Å². The van der Waals surface area contributed by atoms with Gasteiger partial charge in [-0.15, -0.1) is 10.2 Å². The van der Waals surface area contributed by atoms with Gasteiger partial charge in [0.1, 0.15) is 5.52 Å². The van der Waals surface area contributed by atoms with Crippen LogP contribution < -0.4 is 5.69 Å². The van der Waals surface area contributed by atoms with E-state index in [0.29, 0.717) is 12.3 Å². The molecule has 0 amide bonds. The van der Waals surface area contributed by atoms with Crippen molar-refractivity contribution in [3.05, 3.63) is 52.7 Å². The topological polar surface area (TPSA) is 102 Å². The molecule has 2 atom stereocenters. The SMILES string of the molecule is CC(C)n1c(=O)n(C)c2nnc3ccc(-c4ccc([C@@H](C)OCCN5CC[C@@](C)(C#N)C5)nc4)cc3c21. The lowest BCUT2D eigenvalue weighted by Crippen LogP contribution is -2.28. The average Bonchev–Trinajstić information content (AvgIpc) is 3.41. The zero-order chi connectivity index (χ0) is 26.3. The van der Waals surface area contributed by atoms with Gasteiger partial charge in [-0.3, -0.25) is 19.0 Å². The van der Waals surface area contributed by atoms with Gasteiger partial charge in [0, 0.05) is 43.3 Å². The smallest absolute Gasteiger partial charge is 0.330 e. The van der Waals surface area contributed by atoms with Crippen LogP contribution in [0, 0.1) is 16.7 Å². The molecule has 3 aromatic heterocycles. The fourth-order valence-corrected chi connectivity index (χ4v) is 5.15. The molecule has 37 heavy (non-hydrogen) atoms. The molecule has 1 aliphatic heterocycles. The Bertz CT molecular complexity index is 1550. The van der Waals surface area contributed by atoms with Gasteiger partial charge in [-0.25, -0.2) is 4.79 Å². The van der Waals surface area contributed by atoms with E-state index in [1.807, 2.05) is 52.1 Å². The van der Waals surface area contributed by atoms with Crippen molar-refractivity contribution in [1.29, 1.82) is 5.26 Å². The van der Waals surface area contributed by atoms with Gasteiger partial charge in [0.15, 0.2) is 5.65 Å². The van der Waals surface area contributed by atoms with E-state index >= 15 is 0 Å². The van der Waals surface area contributed by atoms with Crippen LogP contribution in [0.15, 0.2) is 41.3 Å². The zero-order valence-corrected chi connectivity index (χ0v) is 22.1. The van der Waals surface area contributed by atoms with Crippen LogP contribution in [0.25, 0.3) is 33.2 Å². The Kier molecular flexibility index (Phi) is 6.56. The number of imidazole rings is 1. The number of nitriles is 1. The lowest BCUT2D eigenvalue weighted by molar-refractivity contribution is 0.0482. The lowest BCUT2D eigenvalue weighted by Gasteiger charge is -2.19. The van der Waals surface area contributed by atoms with Gasteiger partial charge in [-0.2, -0.15) is 5.26 Å². The molecule has 0 aliphatic carbocycles. The van der Waals surface area contributed by atoms with E-state index in [1.165, 1.54) is 0 Å². The van der Waals surface area contributed by atoms with E-state index in [4.69, 9.17) is 4.74 Å². The van der Waals surface area contributed by atoms with Crippen molar-refractivity contribution in [2.45, 2.75) is 46.3 Å². The number of ether oxygens (including phenoxy) is 1. The van der Waals surface area contributed by atoms with Crippen molar-refractivity contribution in [3.8, 4) is 17.2 Å². The minimum absolute atomic E-state index is 0.00368. The Labute approximate surface area is 216 Å². The van der Waals surface area contributed by atoms with Crippen LogP contribution in [0.4, 0.5) is 0 Å². The molecule has 0 radical (unpaired) electrons. The summed E-state index contributed by atoms with van der Waals surface area (Å²) in [5.74, 6) is 0. The number of aryl methyl sites for hydroxylation is 1. The highest BCUT2D eigenvalue weighted by atomic mass is 16.5. The third-order valence-electron chi connectivity index (χ3n) is 7.42. The molecule has 0 bridgehead atoms. The summed E-state index contributed by atoms with van der Waals surface area (Å²) in [5, 5.41) is 18.9. The second-order valence-electron chi connectivity index (χ2n) is 10.6. The molecular formula is C28H33N7O2. The summed E-state index contributed by atoms with van der Waals surface area (Å²) < 4.78 is 9.39. The third-order valence-corrected chi connectivity index (χ3v) is 7.42. The molecular weight excluding hydrogens is 466 g/mol. The number of hydrogen-bond donors (Lipinski definition) is 0. The second kappa shape index (κ2) is 9.69. The summed E-state index contributed by atoms with van der Waals surface area (Å²) in [6.07, 6.45) is 2.64. The van der Waals surface area contributed by atoms with Gasteiger partial charge < -0.3 is 4.74 Å². The predicted molar refractivity (Wildman–Crippen MR) is 143 cm³/mol. The molecule has 0 spiro atoms. The predicted octanol–water partition coefficient (Wildman–Crippen LogP) is 4.24. The Balaban J connectivity index is 1.34. The van der Waals surface area contributed by atoms with E-state index in [-0.39, 0.29) is 23.3 Å². The first-order valence-electron chi connectivity index (χ1n) is 12.8. The number of benzene rings is 1. The standard InChI is InChI=1S/C28H33N7O2/c1-18(2)35-25-22-14-20(6-9-24(22)31-32-26(25)33(5)27(35)36)21-7-8-23(30-15-21)19(3)37-13-12-34-11-10-28(4,16-29)17-34/h6-9,14-15,18-19H,10-13,17H2,1-5H3/t19-,28+/m1/s1. The summed E-state index contributed by atoms with van der Waals surface area (Å²) in [4.78, 5) is 19.8. The van der Waals surface area contributed by atoms with Crippen molar-refractivity contribution < 1.29 is 4.74 Å². The summed E-state index contributed by atoms with van der Waals surface area (Å²) in [5.41, 5.74) is 4.63. The minimum Gasteiger partial charge on any atom is -0.371 e. The average molecular weight is 500 g/mol. The Hall–Kier alpha value is -3.61. The number of pyridine rings is 1. The summed E-state index contributed by atoms with van der Waals surface area (Å²) >= 11 is 0. The van der Waals surface area contributed by atoms with E-state index in [9.17, 15) is 10.1 Å². The van der Waals surface area contributed by atoms with E-state index in [0.717, 1.165) is 59.3 Å². The van der Waals surface area contributed by atoms with Gasteiger partial charge in [0.25, 0.3) is 0 Å². The largest absolute Gasteiger partial charge is 0.371 e. The number of hydrogen-bond acceptors (Lipinski definition) is 7. The number of likely N-dealkylation sites (tertiary alicyclic amines) is 1. The molecule has 9 heteroatoms. The van der Waals surface area contributed by atoms with Gasteiger partial charge in [-0.1, -0.05) is 12.1 Å². The molecule has 5 rings (SSSR count). The number of rotatable bonds is 7. The Morgan fingerprint density at radius 3 is 2.62 bits per heavy atom. The fraction of sp³-hybridized carbons (Fsp3) is 0.464. The first-order valence-corrected chi connectivity index (χ1v) is 12.8. The van der Waals surface area contributed by atoms with Crippen molar-refractivity contribution in [1.82, 2.24) is 29.2 Å². The zero-order valence-electron chi connectivity index (χ0n) is 22.1. The van der Waals surface area contributed by atoms with E-state index in [2.05, 4.69) is 38.3 Å². The maximum absolute atomic E-state index is 12.8. The summed E-state index contributed by atoms with van der Waals surface area (Å²) in [7, 11) is 1.73. The van der Waals surface area contributed by atoms with Crippen LogP contribution in [0.5, 0.6) is 0 Å². The molecule has 9 nitrogen and oxygen atoms in total. The highest BCUT2D eigenvalue weighted by Crippen LogP contribution is 2.30. The second-order valence-corrected chi connectivity index (χ2v) is 10.6. The van der Waals surface area contributed by atoms with Crippen LogP contribution in [-0.4, -0.2) is 55.5 Å². The van der Waals surface area contributed by atoms with E-state index in [1.54, 1.807) is 16.2 Å². The highest BCUT2D eigenvalue weighted by molar-refractivity contribution is 6.02. The maximum Gasteiger partial charge on any atom is 0.330 e. The molecule has 1 saturated heterocycles. The Morgan fingerprint density at radius 1 is 1.16 bits per heavy atom. The van der Waals surface area contributed by atoms with Crippen molar-refractivity contribution in [3.63, 3.8) is 0 Å². The van der Waals surface area contributed by atoms with Crippen LogP contribution in [0.3, 0.4) is 0 Å². The first-order chi connectivity index (χ1) is 17.7. The highest BCUT2D eigenvalue weighted by Gasteiger charge is 2.33. The van der Waals surface area contributed by atoms with Crippen LogP contribution in [-0.2, 0) is 11.8 Å². The van der Waals surface area contributed by atoms with Crippen LogP contribution >= 0.6 is 0 Å². The summed E-state index contributed by atoms with van der Waals surface area (Å²) in [6.45, 7) is 11.2. The van der Waals surface area contributed by atoms with Crippen LogP contribution in [0.1, 0.15) is 52.0 Å². The third kappa shape index (κ3) is 4.63. The normalized spacial score (nSPS) is 19.2. The first kappa shape index (κ1) is 25.1. The molecule has 192 valence electrons. The minimum atomic E-state index is -0.239. The van der Waals surface area contributed by atoms with Crippen molar-refractivity contribution >= 4 is 22.1 Å². The lowest BCUT2D eigenvalue weighted by atomic mass is 9.92. The fourth-order valence-electron chi connectivity index (χ4n) is 5.15. The van der Waals surface area contributed by atoms with E-state index < -0.39 is 0 Å². The summed E-state index contributed by atoms with van der Waals surface area (Å²) in [6, 6.07) is 12.5. The molecule has 0 saturated carbocycles. The molecule has 0 N–H and O–H groups in total. The number of aromatic nitrogens is 5. The van der Waals surface area contributed by atoms with Crippen molar-refractivity contribution in [2.24, 2.45) is 12.5 Å². The van der Waals surface area contributed by atoms with Gasteiger partial charge >= 0.3 is 5.69 Å². The quantitative estimate of drug-likeness (QED) is 0.375. The van der Waals surface area contributed by atoms with Crippen molar-refractivity contribution in [2.75, 3.05) is 26.2 Å². The monoisotopic (exact) mass is 499 g/mol. The molecule has 1 aliphatic rings. The van der Waals surface area contributed by atoms with Crippen LogP contribution in [0.2, 0.25) is 0 Å². The molecule has 0 unspecified atom stereocenters. The van der Waals surface area contributed by atoms with Gasteiger partial charge in [-0.05, 0) is 64.4 Å². The number of fused-ring (bicyclic) bond motifs is 3. The molecule has 1 aromatic carbocycles. The van der Waals surface area contributed by atoms with Gasteiger partial charge in [0.05, 0.1) is 35.4 Å². The molecule has 4 heterocycles. The molecule has 1 fully saturated rings. The number of nitrogens with zero attached hydrogens (tertiary/aromatic N) is 7. The molecule has 4 aromatic rings. The Morgan fingerprint density at radius 2 is 1.95 bits per heavy atom.